The lowest BCUT2D eigenvalue weighted by molar-refractivity contribution is -0.384. The van der Waals surface area contributed by atoms with Crippen molar-refractivity contribution >= 4 is 5.69 Å². The van der Waals surface area contributed by atoms with E-state index in [0.29, 0.717) is 5.75 Å². The van der Waals surface area contributed by atoms with Crippen molar-refractivity contribution < 1.29 is 9.66 Å². The van der Waals surface area contributed by atoms with Gasteiger partial charge in [-0.15, -0.1) is 0 Å². The second kappa shape index (κ2) is 5.60. The normalized spacial score (nSPS) is 10.4. The highest BCUT2D eigenvalue weighted by atomic mass is 16.6. The van der Waals surface area contributed by atoms with Crippen LogP contribution in [0, 0.1) is 10.1 Å². The third-order valence-electron chi connectivity index (χ3n) is 2.90. The third kappa shape index (κ3) is 2.90. The second-order valence-corrected chi connectivity index (χ2v) is 4.51. The lowest BCUT2D eigenvalue weighted by Crippen LogP contribution is -1.93. The highest BCUT2D eigenvalue weighted by Crippen LogP contribution is 2.24. The quantitative estimate of drug-likeness (QED) is 0.542. The molecule has 3 rings (SSSR count). The summed E-state index contributed by atoms with van der Waals surface area (Å²) in [5.74, 6) is 0.309. The summed E-state index contributed by atoms with van der Waals surface area (Å²) in [5, 5.41) is 14.8. The number of ether oxygens (including phenoxy) is 1. The molecule has 22 heavy (non-hydrogen) atoms. The third-order valence-corrected chi connectivity index (χ3v) is 2.90. The highest BCUT2D eigenvalue weighted by Gasteiger charge is 2.08. The molecular formula is C14H11N5O3. The fourth-order valence-corrected chi connectivity index (χ4v) is 1.85. The van der Waals surface area contributed by atoms with E-state index in [1.54, 1.807) is 29.3 Å². The van der Waals surface area contributed by atoms with Crippen molar-refractivity contribution in [3.05, 3.63) is 59.2 Å². The zero-order valence-corrected chi connectivity index (χ0v) is 11.6. The molecule has 8 nitrogen and oxygen atoms in total. The van der Waals surface area contributed by atoms with Crippen molar-refractivity contribution in [3.8, 4) is 22.9 Å². The van der Waals surface area contributed by atoms with Gasteiger partial charge in [-0.2, -0.15) is 5.10 Å². The van der Waals surface area contributed by atoms with Gasteiger partial charge in [-0.25, -0.2) is 9.97 Å². The van der Waals surface area contributed by atoms with Crippen molar-refractivity contribution in [2.45, 2.75) is 0 Å². The van der Waals surface area contributed by atoms with Gasteiger partial charge in [0.1, 0.15) is 5.75 Å². The number of aromatic nitrogens is 4. The zero-order chi connectivity index (χ0) is 15.5. The Morgan fingerprint density at radius 3 is 2.59 bits per heavy atom. The van der Waals surface area contributed by atoms with Crippen LogP contribution in [-0.4, -0.2) is 24.7 Å². The van der Waals surface area contributed by atoms with Crippen LogP contribution in [0.4, 0.5) is 5.69 Å². The molecule has 0 atom stereocenters. The minimum absolute atomic E-state index is 0.0514. The lowest BCUT2D eigenvalue weighted by atomic mass is 10.2. The number of nitro benzene ring substituents is 1. The van der Waals surface area contributed by atoms with Gasteiger partial charge in [0.05, 0.1) is 17.2 Å². The number of nitro groups is 1. The van der Waals surface area contributed by atoms with E-state index < -0.39 is 4.92 Å². The maximum atomic E-state index is 10.7. The van der Waals surface area contributed by atoms with Gasteiger partial charge in [0.25, 0.3) is 5.69 Å². The average Bonchev–Trinajstić information content (AvgIpc) is 2.95. The van der Waals surface area contributed by atoms with Gasteiger partial charge in [-0.3, -0.25) is 14.8 Å². The van der Waals surface area contributed by atoms with Crippen LogP contribution < -0.4 is 4.74 Å². The summed E-state index contributed by atoms with van der Waals surface area (Å²) < 4.78 is 7.10. The Labute approximate surface area is 125 Å². The molecule has 1 aromatic carbocycles. The molecule has 0 N–H and O–H groups in total. The Kier molecular flexibility index (Phi) is 3.48. The van der Waals surface area contributed by atoms with Crippen molar-refractivity contribution in [2.24, 2.45) is 7.05 Å². The molecular weight excluding hydrogens is 286 g/mol. The Balaban J connectivity index is 1.79. The first-order chi connectivity index (χ1) is 10.6. The van der Waals surface area contributed by atoms with E-state index in [1.807, 2.05) is 13.2 Å². The number of hydrogen-bond donors (Lipinski definition) is 0. The summed E-state index contributed by atoms with van der Waals surface area (Å²) in [7, 11) is 1.82. The molecule has 0 amide bonds. The summed E-state index contributed by atoms with van der Waals surface area (Å²) >= 11 is 0. The first kappa shape index (κ1) is 13.7. The standard InChI is InChI=1S/C14H11N5O3/c1-18-9-11(8-17-18)10-6-15-14(16-7-10)22-13-4-2-3-12(5-13)19(20)21/h2-9H,1H3. The molecule has 3 aromatic rings. The number of aryl methyl sites for hydroxylation is 1. The van der Waals surface area contributed by atoms with E-state index in [2.05, 4.69) is 15.1 Å². The molecule has 2 aromatic heterocycles. The summed E-state index contributed by atoms with van der Waals surface area (Å²) in [5.41, 5.74) is 1.65. The van der Waals surface area contributed by atoms with Crippen LogP contribution in [0.5, 0.6) is 11.8 Å². The summed E-state index contributed by atoms with van der Waals surface area (Å²) in [6.45, 7) is 0. The number of benzene rings is 1. The summed E-state index contributed by atoms with van der Waals surface area (Å²) in [6, 6.07) is 5.97. The molecule has 0 saturated heterocycles. The molecule has 8 heteroatoms. The van der Waals surface area contributed by atoms with Gasteiger partial charge in [-0.1, -0.05) is 6.07 Å². The van der Waals surface area contributed by atoms with E-state index in [9.17, 15) is 10.1 Å². The first-order valence-electron chi connectivity index (χ1n) is 6.35. The first-order valence-corrected chi connectivity index (χ1v) is 6.35. The Hall–Kier alpha value is -3.29. The smallest absolute Gasteiger partial charge is 0.321 e. The van der Waals surface area contributed by atoms with E-state index in [1.165, 1.54) is 18.2 Å². The average molecular weight is 297 g/mol. The Morgan fingerprint density at radius 2 is 1.95 bits per heavy atom. The van der Waals surface area contributed by atoms with Gasteiger partial charge >= 0.3 is 6.01 Å². The van der Waals surface area contributed by atoms with Crippen molar-refractivity contribution in [2.75, 3.05) is 0 Å². The zero-order valence-electron chi connectivity index (χ0n) is 11.6. The van der Waals surface area contributed by atoms with Crippen molar-refractivity contribution in [3.63, 3.8) is 0 Å². The van der Waals surface area contributed by atoms with E-state index in [4.69, 9.17) is 4.74 Å². The van der Waals surface area contributed by atoms with Crippen LogP contribution in [0.25, 0.3) is 11.1 Å². The minimum Gasteiger partial charge on any atom is -0.424 e. The van der Waals surface area contributed by atoms with Gasteiger partial charge < -0.3 is 4.74 Å². The molecule has 2 heterocycles. The van der Waals surface area contributed by atoms with Crippen LogP contribution in [0.2, 0.25) is 0 Å². The molecule has 0 aliphatic heterocycles. The summed E-state index contributed by atoms with van der Waals surface area (Å²) in [4.78, 5) is 18.4. The number of non-ortho nitro benzene ring substituents is 1. The van der Waals surface area contributed by atoms with Gasteiger partial charge in [0.2, 0.25) is 0 Å². The van der Waals surface area contributed by atoms with Gasteiger partial charge in [0, 0.05) is 42.8 Å². The maximum Gasteiger partial charge on any atom is 0.321 e. The van der Waals surface area contributed by atoms with Crippen molar-refractivity contribution in [1.29, 1.82) is 0 Å². The Bertz CT molecular complexity index is 813. The molecule has 0 unspecified atom stereocenters. The fraction of sp³-hybridized carbons (Fsp3) is 0.0714. The van der Waals surface area contributed by atoms with E-state index >= 15 is 0 Å². The molecule has 0 aliphatic carbocycles. The number of rotatable bonds is 4. The van der Waals surface area contributed by atoms with Crippen LogP contribution in [-0.2, 0) is 7.05 Å². The maximum absolute atomic E-state index is 10.7. The SMILES string of the molecule is Cn1cc(-c2cnc(Oc3cccc([N+](=O)[O-])c3)nc2)cn1. The van der Waals surface area contributed by atoms with Crippen LogP contribution in [0.15, 0.2) is 49.1 Å². The van der Waals surface area contributed by atoms with Crippen LogP contribution >= 0.6 is 0 Å². The van der Waals surface area contributed by atoms with E-state index in [0.717, 1.165) is 11.1 Å². The second-order valence-electron chi connectivity index (χ2n) is 4.51. The van der Waals surface area contributed by atoms with E-state index in [-0.39, 0.29) is 11.7 Å². The fourth-order valence-electron chi connectivity index (χ4n) is 1.85. The van der Waals surface area contributed by atoms with Gasteiger partial charge in [0.15, 0.2) is 0 Å². The largest absolute Gasteiger partial charge is 0.424 e. The molecule has 110 valence electrons. The molecule has 0 fully saturated rings. The topological polar surface area (TPSA) is 96.0 Å². The van der Waals surface area contributed by atoms with Crippen LogP contribution in [0.1, 0.15) is 0 Å². The Morgan fingerprint density at radius 1 is 1.18 bits per heavy atom. The predicted octanol–water partition coefficient (Wildman–Crippen LogP) is 2.58. The highest BCUT2D eigenvalue weighted by molar-refractivity contribution is 5.59. The molecule has 0 spiro atoms. The van der Waals surface area contributed by atoms with Crippen molar-refractivity contribution in [1.82, 2.24) is 19.7 Å². The monoisotopic (exact) mass is 297 g/mol. The summed E-state index contributed by atoms with van der Waals surface area (Å²) in [6.07, 6.45) is 6.77. The number of hydrogen-bond acceptors (Lipinski definition) is 6. The predicted molar refractivity (Wildman–Crippen MR) is 77.4 cm³/mol. The molecule has 0 bridgehead atoms. The number of nitrogens with zero attached hydrogens (tertiary/aromatic N) is 5. The van der Waals surface area contributed by atoms with Gasteiger partial charge in [-0.05, 0) is 6.07 Å². The molecule has 0 aliphatic rings. The van der Waals surface area contributed by atoms with Crippen LogP contribution in [0.3, 0.4) is 0 Å². The lowest BCUT2D eigenvalue weighted by Gasteiger charge is -2.03. The minimum atomic E-state index is -0.487. The molecule has 0 radical (unpaired) electrons. The molecule has 0 saturated carbocycles.